The molecule has 2 atom stereocenters. The Kier molecular flexibility index (Phi) is 8.94. The van der Waals surface area contributed by atoms with Crippen molar-refractivity contribution < 1.29 is 14.7 Å². The number of aryl methyl sites for hydroxylation is 1. The maximum Gasteiger partial charge on any atom is 0.326 e. The molecule has 1 aromatic carbocycles. The number of unbranched alkanes of at least 4 members (excludes halogenated alkanes) is 1. The molecule has 0 fully saturated rings. The maximum atomic E-state index is 11.9. The number of aliphatic carboxylic acids is 1. The second kappa shape index (κ2) is 10.7. The third-order valence-corrected chi connectivity index (χ3v) is 3.72. The van der Waals surface area contributed by atoms with E-state index in [1.807, 2.05) is 30.3 Å². The van der Waals surface area contributed by atoms with Crippen molar-refractivity contribution in [1.82, 2.24) is 5.32 Å². The van der Waals surface area contributed by atoms with Crippen LogP contribution in [-0.4, -0.2) is 35.6 Å². The average molecular weight is 321 g/mol. The molecule has 0 unspecified atom stereocenters. The summed E-state index contributed by atoms with van der Waals surface area (Å²) in [6.07, 6.45) is 4.01. The highest BCUT2D eigenvalue weighted by Crippen LogP contribution is 2.08. The van der Waals surface area contributed by atoms with Crippen LogP contribution < -0.4 is 16.8 Å². The van der Waals surface area contributed by atoms with Gasteiger partial charge in [0.15, 0.2) is 0 Å². The molecular weight excluding hydrogens is 294 g/mol. The molecule has 0 saturated carbocycles. The number of nitrogens with two attached hydrogens (primary N) is 2. The number of benzene rings is 1. The number of amides is 1. The monoisotopic (exact) mass is 321 g/mol. The van der Waals surface area contributed by atoms with E-state index >= 15 is 0 Å². The Morgan fingerprint density at radius 2 is 1.78 bits per heavy atom. The minimum absolute atomic E-state index is 0.400. The van der Waals surface area contributed by atoms with Crippen molar-refractivity contribution in [3.8, 4) is 0 Å². The Bertz CT molecular complexity index is 479. The zero-order valence-electron chi connectivity index (χ0n) is 13.4. The lowest BCUT2D eigenvalue weighted by atomic mass is 10.0. The first-order valence-corrected chi connectivity index (χ1v) is 8.07. The largest absolute Gasteiger partial charge is 0.480 e. The number of hydrogen-bond donors (Lipinski definition) is 4. The number of carboxylic acid groups (broad SMARTS) is 1. The van der Waals surface area contributed by atoms with Crippen LogP contribution >= 0.6 is 0 Å². The molecule has 1 aromatic rings. The summed E-state index contributed by atoms with van der Waals surface area (Å²) in [5.74, 6) is -1.45. The summed E-state index contributed by atoms with van der Waals surface area (Å²) in [6.45, 7) is 0.461. The average Bonchev–Trinajstić information content (AvgIpc) is 2.55. The van der Waals surface area contributed by atoms with Crippen LogP contribution in [0, 0.1) is 0 Å². The van der Waals surface area contributed by atoms with E-state index in [4.69, 9.17) is 11.5 Å². The second-order valence-corrected chi connectivity index (χ2v) is 5.67. The zero-order chi connectivity index (χ0) is 17.1. The van der Waals surface area contributed by atoms with Gasteiger partial charge in [-0.1, -0.05) is 36.8 Å². The molecule has 23 heavy (non-hydrogen) atoms. The predicted molar refractivity (Wildman–Crippen MR) is 89.8 cm³/mol. The van der Waals surface area contributed by atoms with Crippen LogP contribution in [0.3, 0.4) is 0 Å². The number of carbonyl (C=O) groups is 2. The van der Waals surface area contributed by atoms with E-state index in [9.17, 15) is 14.7 Å². The minimum atomic E-state index is -1.02. The Hall–Kier alpha value is -1.92. The number of hydrogen-bond acceptors (Lipinski definition) is 4. The number of nitrogens with one attached hydrogen (secondary N) is 1. The molecule has 6 nitrogen and oxygen atoms in total. The number of carboxylic acids is 1. The summed E-state index contributed by atoms with van der Waals surface area (Å²) < 4.78 is 0. The summed E-state index contributed by atoms with van der Waals surface area (Å²) in [7, 11) is 0. The lowest BCUT2D eigenvalue weighted by Crippen LogP contribution is -2.48. The SMILES string of the molecule is NCCC[C@H](N)C(=O)N[C@@H](CCCCc1ccccc1)C(=O)O. The highest BCUT2D eigenvalue weighted by atomic mass is 16.4. The molecule has 1 rings (SSSR count). The van der Waals surface area contributed by atoms with Crippen LogP contribution in [0.2, 0.25) is 0 Å². The Morgan fingerprint density at radius 3 is 2.39 bits per heavy atom. The first kappa shape index (κ1) is 19.1. The highest BCUT2D eigenvalue weighted by molar-refractivity contribution is 5.86. The van der Waals surface area contributed by atoms with Gasteiger partial charge in [0.2, 0.25) is 5.91 Å². The van der Waals surface area contributed by atoms with Crippen molar-refractivity contribution in [2.75, 3.05) is 6.54 Å². The summed E-state index contributed by atoms with van der Waals surface area (Å²) >= 11 is 0. The van der Waals surface area contributed by atoms with Crippen molar-refractivity contribution in [2.45, 2.75) is 50.6 Å². The topological polar surface area (TPSA) is 118 Å². The Morgan fingerprint density at radius 1 is 1.09 bits per heavy atom. The third kappa shape index (κ3) is 7.76. The van der Waals surface area contributed by atoms with Crippen molar-refractivity contribution in [3.05, 3.63) is 35.9 Å². The Labute approximate surface area is 137 Å². The molecule has 0 radical (unpaired) electrons. The minimum Gasteiger partial charge on any atom is -0.480 e. The summed E-state index contributed by atoms with van der Waals surface area (Å²) in [6, 6.07) is 8.44. The van der Waals surface area contributed by atoms with Gasteiger partial charge in [0.1, 0.15) is 6.04 Å². The van der Waals surface area contributed by atoms with Gasteiger partial charge in [-0.25, -0.2) is 4.79 Å². The van der Waals surface area contributed by atoms with Crippen LogP contribution in [0.4, 0.5) is 0 Å². The molecule has 0 aliphatic rings. The molecule has 0 saturated heterocycles. The molecule has 0 heterocycles. The fourth-order valence-electron chi connectivity index (χ4n) is 2.33. The third-order valence-electron chi connectivity index (χ3n) is 3.72. The van der Waals surface area contributed by atoms with Gasteiger partial charge >= 0.3 is 5.97 Å². The van der Waals surface area contributed by atoms with E-state index in [0.717, 1.165) is 19.3 Å². The summed E-state index contributed by atoms with van der Waals surface area (Å²) in [5.41, 5.74) is 12.3. The second-order valence-electron chi connectivity index (χ2n) is 5.67. The summed E-state index contributed by atoms with van der Waals surface area (Å²) in [4.78, 5) is 23.1. The molecule has 6 N–H and O–H groups in total. The molecular formula is C17H27N3O3. The standard InChI is InChI=1S/C17H27N3O3/c18-12-6-10-14(19)16(21)20-15(17(22)23)11-5-4-9-13-7-2-1-3-8-13/h1-3,7-8,14-15H,4-6,9-12,18-19H2,(H,20,21)(H,22,23)/t14-,15-/m0/s1. The normalized spacial score (nSPS) is 13.3. The zero-order valence-corrected chi connectivity index (χ0v) is 13.4. The number of carbonyl (C=O) groups excluding carboxylic acids is 1. The van der Waals surface area contributed by atoms with E-state index in [1.54, 1.807) is 0 Å². The lowest BCUT2D eigenvalue weighted by Gasteiger charge is -2.17. The lowest BCUT2D eigenvalue weighted by molar-refractivity contribution is -0.142. The van der Waals surface area contributed by atoms with Crippen molar-refractivity contribution >= 4 is 11.9 Å². The van der Waals surface area contributed by atoms with Gasteiger partial charge in [0, 0.05) is 0 Å². The first-order chi connectivity index (χ1) is 11.0. The van der Waals surface area contributed by atoms with Gasteiger partial charge in [-0.2, -0.15) is 0 Å². The maximum absolute atomic E-state index is 11.9. The predicted octanol–water partition coefficient (Wildman–Crippen LogP) is 1.04. The van der Waals surface area contributed by atoms with Crippen LogP contribution in [0.5, 0.6) is 0 Å². The van der Waals surface area contributed by atoms with Crippen LogP contribution in [0.15, 0.2) is 30.3 Å². The number of rotatable bonds is 11. The Balaban J connectivity index is 2.34. The molecule has 1 amide bonds. The molecule has 128 valence electrons. The van der Waals surface area contributed by atoms with Crippen molar-refractivity contribution in [1.29, 1.82) is 0 Å². The molecule has 0 bridgehead atoms. The molecule has 0 aromatic heterocycles. The fraction of sp³-hybridized carbons (Fsp3) is 0.529. The van der Waals surface area contributed by atoms with E-state index in [-0.39, 0.29) is 0 Å². The molecule has 0 spiro atoms. The molecule has 6 heteroatoms. The smallest absolute Gasteiger partial charge is 0.326 e. The van der Waals surface area contributed by atoms with E-state index in [0.29, 0.717) is 25.8 Å². The van der Waals surface area contributed by atoms with Gasteiger partial charge in [-0.15, -0.1) is 0 Å². The van der Waals surface area contributed by atoms with E-state index in [1.165, 1.54) is 5.56 Å². The quantitative estimate of drug-likeness (QED) is 0.454. The highest BCUT2D eigenvalue weighted by Gasteiger charge is 2.22. The van der Waals surface area contributed by atoms with Gasteiger partial charge in [0.05, 0.1) is 6.04 Å². The van der Waals surface area contributed by atoms with Gasteiger partial charge in [-0.05, 0) is 44.2 Å². The van der Waals surface area contributed by atoms with Crippen LogP contribution in [-0.2, 0) is 16.0 Å². The van der Waals surface area contributed by atoms with E-state index < -0.39 is 24.0 Å². The van der Waals surface area contributed by atoms with Crippen molar-refractivity contribution in [2.24, 2.45) is 11.5 Å². The van der Waals surface area contributed by atoms with Gasteiger partial charge in [0.25, 0.3) is 0 Å². The molecule has 0 aliphatic heterocycles. The van der Waals surface area contributed by atoms with Gasteiger partial charge < -0.3 is 21.9 Å². The van der Waals surface area contributed by atoms with Crippen molar-refractivity contribution in [3.63, 3.8) is 0 Å². The van der Waals surface area contributed by atoms with E-state index in [2.05, 4.69) is 5.32 Å². The fourth-order valence-corrected chi connectivity index (χ4v) is 2.33. The van der Waals surface area contributed by atoms with Gasteiger partial charge in [-0.3, -0.25) is 4.79 Å². The summed E-state index contributed by atoms with van der Waals surface area (Å²) in [5, 5.41) is 11.7. The first-order valence-electron chi connectivity index (χ1n) is 8.07. The van der Waals surface area contributed by atoms with Crippen LogP contribution in [0.25, 0.3) is 0 Å². The van der Waals surface area contributed by atoms with Crippen LogP contribution in [0.1, 0.15) is 37.7 Å². The molecule has 0 aliphatic carbocycles.